The van der Waals surface area contributed by atoms with E-state index in [-0.39, 0.29) is 43.5 Å². The van der Waals surface area contributed by atoms with E-state index in [1.165, 1.54) is 9.21 Å². The van der Waals surface area contributed by atoms with Crippen LogP contribution in [0.4, 0.5) is 13.2 Å². The second-order valence-electron chi connectivity index (χ2n) is 8.49. The topological polar surface area (TPSA) is 90.0 Å². The average molecular weight is 491 g/mol. The highest BCUT2D eigenvalue weighted by Crippen LogP contribution is 2.22. The van der Waals surface area contributed by atoms with Gasteiger partial charge in [-0.25, -0.2) is 8.42 Å². The molecule has 0 bridgehead atoms. The Kier molecular flexibility index (Phi) is 7.69. The van der Waals surface area contributed by atoms with Gasteiger partial charge < -0.3 is 10.2 Å². The van der Waals surface area contributed by atoms with Gasteiger partial charge in [-0.3, -0.25) is 14.5 Å². The summed E-state index contributed by atoms with van der Waals surface area (Å²) in [5.74, 6) is -1.00. The predicted molar refractivity (Wildman–Crippen MR) is 115 cm³/mol. The van der Waals surface area contributed by atoms with Crippen LogP contribution >= 0.6 is 0 Å². The number of nitrogens with zero attached hydrogens (tertiary/aromatic N) is 3. The molecule has 3 rings (SSSR count). The Morgan fingerprint density at radius 3 is 2.33 bits per heavy atom. The lowest BCUT2D eigenvalue weighted by molar-refractivity contribution is -0.142. The molecule has 2 aliphatic heterocycles. The van der Waals surface area contributed by atoms with Gasteiger partial charge in [0.1, 0.15) is 6.54 Å². The first kappa shape index (κ1) is 25.4. The zero-order valence-electron chi connectivity index (χ0n) is 18.7. The molecule has 1 unspecified atom stereocenters. The Labute approximate surface area is 191 Å². The molecular weight excluding hydrogens is 461 g/mol. The van der Waals surface area contributed by atoms with Crippen LogP contribution in [0.15, 0.2) is 23.1 Å². The first-order valence-corrected chi connectivity index (χ1v) is 12.3. The van der Waals surface area contributed by atoms with E-state index in [0.717, 1.165) is 11.1 Å². The lowest BCUT2D eigenvalue weighted by Crippen LogP contribution is -2.54. The van der Waals surface area contributed by atoms with Crippen LogP contribution in [0.2, 0.25) is 0 Å². The summed E-state index contributed by atoms with van der Waals surface area (Å²) < 4.78 is 64.4. The summed E-state index contributed by atoms with van der Waals surface area (Å²) in [6.07, 6.45) is -3.50. The molecule has 2 amide bonds. The smallest absolute Gasteiger partial charge is 0.346 e. The minimum Gasteiger partial charge on any atom is -0.346 e. The largest absolute Gasteiger partial charge is 0.405 e. The summed E-state index contributed by atoms with van der Waals surface area (Å²) in [7, 11) is -3.67. The molecule has 1 aromatic carbocycles. The predicted octanol–water partition coefficient (Wildman–Crippen LogP) is 1.28. The van der Waals surface area contributed by atoms with E-state index in [1.807, 2.05) is 19.2 Å². The van der Waals surface area contributed by atoms with Crippen molar-refractivity contribution >= 4 is 21.8 Å². The van der Waals surface area contributed by atoms with Gasteiger partial charge in [-0.15, -0.1) is 0 Å². The fraction of sp³-hybridized carbons (Fsp3) is 0.619. The van der Waals surface area contributed by atoms with Crippen LogP contribution < -0.4 is 5.32 Å². The number of piperazine rings is 1. The molecule has 2 saturated heterocycles. The molecule has 2 fully saturated rings. The summed E-state index contributed by atoms with van der Waals surface area (Å²) >= 11 is 0. The van der Waals surface area contributed by atoms with Crippen molar-refractivity contribution in [2.45, 2.75) is 43.8 Å². The van der Waals surface area contributed by atoms with E-state index < -0.39 is 34.7 Å². The van der Waals surface area contributed by atoms with Gasteiger partial charge in [-0.05, 0) is 56.5 Å². The molecule has 2 aliphatic rings. The number of nitrogens with one attached hydrogen (secondary N) is 1. The Bertz CT molecular complexity index is 992. The highest BCUT2D eigenvalue weighted by Gasteiger charge is 2.36. The summed E-state index contributed by atoms with van der Waals surface area (Å²) in [5, 5.41) is 1.89. The Hall–Kier alpha value is -2.18. The van der Waals surface area contributed by atoms with Gasteiger partial charge in [-0.2, -0.15) is 17.5 Å². The second kappa shape index (κ2) is 9.98. The first-order chi connectivity index (χ1) is 15.4. The van der Waals surface area contributed by atoms with Gasteiger partial charge in [0, 0.05) is 26.2 Å². The number of aryl methyl sites for hydroxylation is 2. The van der Waals surface area contributed by atoms with E-state index in [1.54, 1.807) is 23.1 Å². The third-order valence-electron chi connectivity index (χ3n) is 6.18. The van der Waals surface area contributed by atoms with Gasteiger partial charge >= 0.3 is 6.18 Å². The third-order valence-corrected chi connectivity index (χ3v) is 8.07. The van der Waals surface area contributed by atoms with Gasteiger partial charge in [0.05, 0.1) is 17.5 Å². The molecule has 12 heteroatoms. The number of sulfonamides is 1. The van der Waals surface area contributed by atoms with Crippen LogP contribution in [-0.2, 0) is 19.6 Å². The van der Waals surface area contributed by atoms with E-state index in [0.29, 0.717) is 19.4 Å². The highest BCUT2D eigenvalue weighted by atomic mass is 32.2. The van der Waals surface area contributed by atoms with Crippen LogP contribution in [0.5, 0.6) is 0 Å². The number of carbonyl (C=O) groups excluding carboxylic acids is 2. The maximum Gasteiger partial charge on any atom is 0.405 e. The van der Waals surface area contributed by atoms with Crippen molar-refractivity contribution in [1.82, 2.24) is 19.4 Å². The highest BCUT2D eigenvalue weighted by molar-refractivity contribution is 7.89. The number of carbonyl (C=O) groups is 2. The van der Waals surface area contributed by atoms with E-state index in [2.05, 4.69) is 0 Å². The van der Waals surface area contributed by atoms with Gasteiger partial charge in [0.2, 0.25) is 21.8 Å². The quantitative estimate of drug-likeness (QED) is 0.649. The fourth-order valence-corrected chi connectivity index (χ4v) is 5.60. The first-order valence-electron chi connectivity index (χ1n) is 10.8. The second-order valence-corrected chi connectivity index (χ2v) is 10.4. The third kappa shape index (κ3) is 6.24. The van der Waals surface area contributed by atoms with E-state index >= 15 is 0 Å². The molecular formula is C21H29F3N4O4S. The van der Waals surface area contributed by atoms with Crippen molar-refractivity contribution in [2.75, 3.05) is 45.8 Å². The van der Waals surface area contributed by atoms with Crippen molar-refractivity contribution in [3.8, 4) is 0 Å². The molecule has 184 valence electrons. The Morgan fingerprint density at radius 1 is 1.06 bits per heavy atom. The van der Waals surface area contributed by atoms with Crippen LogP contribution in [0.1, 0.15) is 24.0 Å². The van der Waals surface area contributed by atoms with E-state index in [4.69, 9.17) is 0 Å². The maximum atomic E-state index is 12.9. The lowest BCUT2D eigenvalue weighted by Gasteiger charge is -2.35. The van der Waals surface area contributed by atoms with Gasteiger partial charge in [0.15, 0.2) is 0 Å². The van der Waals surface area contributed by atoms with Gasteiger partial charge in [-0.1, -0.05) is 6.07 Å². The zero-order chi connectivity index (χ0) is 24.4. The molecule has 1 aromatic rings. The molecule has 1 N–H and O–H groups in total. The van der Waals surface area contributed by atoms with Crippen LogP contribution in [0.3, 0.4) is 0 Å². The van der Waals surface area contributed by atoms with Crippen molar-refractivity contribution in [3.05, 3.63) is 29.3 Å². The van der Waals surface area contributed by atoms with Crippen LogP contribution in [0, 0.1) is 13.8 Å². The van der Waals surface area contributed by atoms with Gasteiger partial charge in [0.25, 0.3) is 0 Å². The SMILES string of the molecule is Cc1ccc(S(=O)(=O)N2CCN(C(=O)CN3CCCC3C(=O)NCC(F)(F)F)CC2)cc1C. The average Bonchev–Trinajstić information content (AvgIpc) is 3.21. The molecule has 0 saturated carbocycles. The standard InChI is InChI=1S/C21H29F3N4O4S/c1-15-5-6-17(12-16(15)2)33(31,32)28-10-8-26(9-11-28)19(29)13-27-7-3-4-18(27)20(30)25-14-21(22,23)24/h5-6,12,18H,3-4,7-11,13-14H2,1-2H3,(H,25,30). The number of likely N-dealkylation sites (tertiary alicyclic amines) is 1. The van der Waals surface area contributed by atoms with Crippen molar-refractivity contribution in [3.63, 3.8) is 0 Å². The minimum atomic E-state index is -4.49. The van der Waals surface area contributed by atoms with E-state index in [9.17, 15) is 31.2 Å². The number of halogens is 3. The van der Waals surface area contributed by atoms with Crippen molar-refractivity contribution in [1.29, 1.82) is 0 Å². The van der Waals surface area contributed by atoms with Crippen LogP contribution in [0.25, 0.3) is 0 Å². The monoisotopic (exact) mass is 490 g/mol. The molecule has 2 heterocycles. The summed E-state index contributed by atoms with van der Waals surface area (Å²) in [4.78, 5) is 28.2. The zero-order valence-corrected chi connectivity index (χ0v) is 19.5. The Balaban J connectivity index is 1.54. The van der Waals surface area contributed by atoms with Crippen LogP contribution in [-0.4, -0.2) is 92.4 Å². The molecule has 1 atom stereocenters. The molecule has 8 nitrogen and oxygen atoms in total. The molecule has 0 aromatic heterocycles. The summed E-state index contributed by atoms with van der Waals surface area (Å²) in [6.45, 7) is 3.42. The lowest BCUT2D eigenvalue weighted by atomic mass is 10.1. The Morgan fingerprint density at radius 2 is 1.73 bits per heavy atom. The molecule has 0 radical (unpaired) electrons. The molecule has 0 aliphatic carbocycles. The number of hydrogen-bond acceptors (Lipinski definition) is 5. The summed E-state index contributed by atoms with van der Waals surface area (Å²) in [6, 6.07) is 4.20. The molecule has 0 spiro atoms. The number of alkyl halides is 3. The maximum absolute atomic E-state index is 12.9. The fourth-order valence-electron chi connectivity index (χ4n) is 4.09. The number of benzene rings is 1. The minimum absolute atomic E-state index is 0.0893. The number of hydrogen-bond donors (Lipinski definition) is 1. The van der Waals surface area contributed by atoms with Crippen molar-refractivity contribution < 1.29 is 31.2 Å². The normalized spacial score (nSPS) is 20.8. The number of amides is 2. The van der Waals surface area contributed by atoms with Crippen molar-refractivity contribution in [2.24, 2.45) is 0 Å². The summed E-state index contributed by atoms with van der Waals surface area (Å²) in [5.41, 5.74) is 1.88. The number of rotatable bonds is 6. The molecule has 33 heavy (non-hydrogen) atoms.